The van der Waals surface area contributed by atoms with Gasteiger partial charge in [0.2, 0.25) is 0 Å². The highest BCUT2D eigenvalue weighted by Gasteiger charge is 2.08. The van der Waals surface area contributed by atoms with Crippen LogP contribution in [-0.2, 0) is 0 Å². The molecule has 0 saturated heterocycles. The first-order valence-electron chi connectivity index (χ1n) is 11.4. The number of nitrogens with zero attached hydrogens (tertiary/aromatic N) is 7. The van der Waals surface area contributed by atoms with Crippen LogP contribution in [0.5, 0.6) is 0 Å². The molecule has 0 radical (unpaired) electrons. The highest BCUT2D eigenvalue weighted by atomic mass is 35.5. The van der Waals surface area contributed by atoms with Gasteiger partial charge in [0.15, 0.2) is 23.2 Å². The number of hydrogen-bond acceptors (Lipinski definition) is 8. The molecule has 0 fully saturated rings. The fourth-order valence-electron chi connectivity index (χ4n) is 2.95. The van der Waals surface area contributed by atoms with E-state index in [0.717, 1.165) is 11.3 Å². The van der Waals surface area contributed by atoms with E-state index >= 15 is 0 Å². The predicted molar refractivity (Wildman–Crippen MR) is 152 cm³/mol. The van der Waals surface area contributed by atoms with E-state index in [2.05, 4.69) is 41.2 Å². The Labute approximate surface area is 234 Å². The molecule has 5 N–H and O–H groups in total. The van der Waals surface area contributed by atoms with Crippen molar-refractivity contribution in [3.8, 4) is 29.0 Å². The Hall–Kier alpha value is -5.91. The molecule has 196 valence electrons. The van der Waals surface area contributed by atoms with Gasteiger partial charge in [-0.25, -0.2) is 9.83 Å². The first kappa shape index (κ1) is 28.7. The Balaban J connectivity index is 0.000000180. The Morgan fingerprint density at radius 3 is 2.17 bits per heavy atom. The molecular formula is C28H21ClN10O. The second kappa shape index (κ2) is 14.7. The lowest BCUT2D eigenvalue weighted by atomic mass is 10.1. The maximum Gasteiger partial charge on any atom is 0.252 e. The van der Waals surface area contributed by atoms with E-state index in [-0.39, 0.29) is 5.84 Å². The van der Waals surface area contributed by atoms with Gasteiger partial charge in [-0.05, 0) is 60.1 Å². The van der Waals surface area contributed by atoms with Crippen LogP contribution in [0, 0.1) is 17.9 Å². The number of pyridine rings is 2. The third-order valence-corrected chi connectivity index (χ3v) is 5.17. The number of nitrogens with two attached hydrogens (primary N) is 2. The van der Waals surface area contributed by atoms with Crippen molar-refractivity contribution in [2.24, 2.45) is 16.7 Å². The number of aromatic nitrogens is 5. The minimum absolute atomic E-state index is 0.251. The minimum Gasteiger partial charge on any atom is -0.380 e. The highest BCUT2D eigenvalue weighted by molar-refractivity contribution is 6.67. The SMILES string of the molecule is N#Cc1ccc(-c2n[nH]c(-c3ccccn3)n2)cc1.NN=C(N)c1ccccn1.[C-]#[N+]c1ccc(C(=O)Cl)cc1. The minimum atomic E-state index is -0.499. The largest absolute Gasteiger partial charge is 0.380 e. The van der Waals surface area contributed by atoms with Gasteiger partial charge in [0.25, 0.3) is 5.24 Å². The van der Waals surface area contributed by atoms with E-state index in [9.17, 15) is 4.79 Å². The van der Waals surface area contributed by atoms with Crippen molar-refractivity contribution < 1.29 is 4.79 Å². The number of benzene rings is 2. The fourth-order valence-corrected chi connectivity index (χ4v) is 3.08. The number of hydrazone groups is 1. The third-order valence-electron chi connectivity index (χ3n) is 4.95. The monoisotopic (exact) mass is 548 g/mol. The van der Waals surface area contributed by atoms with Crippen LogP contribution < -0.4 is 11.6 Å². The molecule has 3 aromatic heterocycles. The standard InChI is InChI=1S/C14H9N5.C8H4ClNO.C6H8N4/c15-9-10-4-6-11(7-5-10)13-17-14(19-18-13)12-3-1-2-8-16-12;1-10-7-4-2-6(3-5-7)8(9)11;7-6(10-8)5-3-1-2-4-9-5/h1-8H,(H,17,18,19);2-5H;1-4H,8H2,(H2,7,10). The van der Waals surface area contributed by atoms with Gasteiger partial charge in [0.05, 0.1) is 18.2 Å². The first-order chi connectivity index (χ1) is 19.4. The van der Waals surface area contributed by atoms with Gasteiger partial charge < -0.3 is 11.6 Å². The summed E-state index contributed by atoms with van der Waals surface area (Å²) < 4.78 is 0. The number of nitriles is 1. The summed E-state index contributed by atoms with van der Waals surface area (Å²) in [6, 6.07) is 26.4. The number of hydrogen-bond donors (Lipinski definition) is 3. The molecule has 0 spiro atoms. The number of aromatic amines is 1. The molecule has 0 atom stereocenters. The summed E-state index contributed by atoms with van der Waals surface area (Å²) in [4.78, 5) is 26.2. The van der Waals surface area contributed by atoms with Crippen molar-refractivity contribution in [3.63, 3.8) is 0 Å². The molecule has 11 nitrogen and oxygen atoms in total. The molecule has 0 aliphatic carbocycles. The van der Waals surface area contributed by atoms with E-state index in [1.54, 1.807) is 48.8 Å². The van der Waals surface area contributed by atoms with E-state index in [1.165, 1.54) is 12.1 Å². The zero-order valence-electron chi connectivity index (χ0n) is 20.8. The number of nitrogens with one attached hydrogen (secondary N) is 1. The van der Waals surface area contributed by atoms with Crippen molar-refractivity contribution >= 4 is 28.4 Å². The van der Waals surface area contributed by atoms with E-state index < -0.39 is 5.24 Å². The molecular weight excluding hydrogens is 528 g/mol. The molecule has 2 aromatic carbocycles. The lowest BCUT2D eigenvalue weighted by Crippen LogP contribution is -2.16. The van der Waals surface area contributed by atoms with Gasteiger partial charge in [-0.1, -0.05) is 36.4 Å². The third kappa shape index (κ3) is 8.31. The Kier molecular flexibility index (Phi) is 10.6. The molecule has 12 heteroatoms. The van der Waals surface area contributed by atoms with Crippen LogP contribution >= 0.6 is 11.6 Å². The van der Waals surface area contributed by atoms with Gasteiger partial charge >= 0.3 is 0 Å². The van der Waals surface area contributed by atoms with Crippen LogP contribution in [0.2, 0.25) is 0 Å². The molecule has 5 rings (SSSR count). The Morgan fingerprint density at radius 2 is 1.65 bits per heavy atom. The normalized spacial score (nSPS) is 10.0. The van der Waals surface area contributed by atoms with E-state index in [0.29, 0.717) is 34.2 Å². The smallest absolute Gasteiger partial charge is 0.252 e. The lowest BCUT2D eigenvalue weighted by molar-refractivity contribution is 0.108. The second-order valence-corrected chi connectivity index (χ2v) is 7.92. The second-order valence-electron chi connectivity index (χ2n) is 7.57. The van der Waals surface area contributed by atoms with E-state index in [1.807, 2.05) is 36.4 Å². The number of carbonyl (C=O) groups is 1. The lowest BCUT2D eigenvalue weighted by Gasteiger charge is -1.94. The van der Waals surface area contributed by atoms with Crippen LogP contribution in [0.3, 0.4) is 0 Å². The number of carbonyl (C=O) groups excluding carboxylic acids is 1. The average Bonchev–Trinajstić information content (AvgIpc) is 3.53. The van der Waals surface area contributed by atoms with Gasteiger partial charge in [0.1, 0.15) is 11.4 Å². The van der Waals surface area contributed by atoms with Gasteiger partial charge in [-0.15, -0.1) is 0 Å². The summed E-state index contributed by atoms with van der Waals surface area (Å²) in [5.41, 5.74) is 9.10. The number of rotatable bonds is 4. The molecule has 0 bridgehead atoms. The molecule has 3 heterocycles. The summed E-state index contributed by atoms with van der Waals surface area (Å²) in [6.45, 7) is 6.63. The maximum absolute atomic E-state index is 10.5. The van der Waals surface area contributed by atoms with Crippen LogP contribution in [0.25, 0.3) is 27.8 Å². The molecule has 0 amide bonds. The van der Waals surface area contributed by atoms with Gasteiger partial charge in [-0.2, -0.15) is 15.5 Å². The number of halogens is 1. The fraction of sp³-hybridized carbons (Fsp3) is 0. The van der Waals surface area contributed by atoms with Crippen molar-refractivity contribution in [2.45, 2.75) is 0 Å². The van der Waals surface area contributed by atoms with Crippen LogP contribution in [0.4, 0.5) is 5.69 Å². The molecule has 0 saturated carbocycles. The quantitative estimate of drug-likeness (QED) is 0.0723. The highest BCUT2D eigenvalue weighted by Crippen LogP contribution is 2.18. The molecule has 0 aliphatic heterocycles. The summed E-state index contributed by atoms with van der Waals surface area (Å²) in [5.74, 6) is 6.39. The Morgan fingerprint density at radius 1 is 0.975 bits per heavy atom. The molecule has 0 unspecified atom stereocenters. The predicted octanol–water partition coefficient (Wildman–Crippen LogP) is 4.68. The summed E-state index contributed by atoms with van der Waals surface area (Å²) >= 11 is 5.18. The van der Waals surface area contributed by atoms with Gasteiger partial charge in [0, 0.05) is 23.5 Å². The zero-order valence-corrected chi connectivity index (χ0v) is 21.6. The van der Waals surface area contributed by atoms with Crippen molar-refractivity contribution in [2.75, 3.05) is 0 Å². The van der Waals surface area contributed by atoms with Crippen molar-refractivity contribution in [1.82, 2.24) is 25.1 Å². The molecule has 40 heavy (non-hydrogen) atoms. The summed E-state index contributed by atoms with van der Waals surface area (Å²) in [5, 5.41) is 18.6. The van der Waals surface area contributed by atoms with Crippen LogP contribution in [-0.4, -0.2) is 36.2 Å². The maximum atomic E-state index is 10.5. The summed E-state index contributed by atoms with van der Waals surface area (Å²) in [6.07, 6.45) is 3.34. The summed E-state index contributed by atoms with van der Waals surface area (Å²) in [7, 11) is 0. The van der Waals surface area contributed by atoms with Crippen LogP contribution in [0.1, 0.15) is 21.6 Å². The van der Waals surface area contributed by atoms with Gasteiger partial charge in [-0.3, -0.25) is 19.9 Å². The van der Waals surface area contributed by atoms with E-state index in [4.69, 9.17) is 35.0 Å². The molecule has 0 aliphatic rings. The van der Waals surface area contributed by atoms with Crippen molar-refractivity contribution in [1.29, 1.82) is 5.26 Å². The zero-order chi connectivity index (χ0) is 28.7. The number of amidine groups is 1. The van der Waals surface area contributed by atoms with Crippen molar-refractivity contribution in [3.05, 3.63) is 126 Å². The van der Waals surface area contributed by atoms with Crippen LogP contribution in [0.15, 0.2) is 102 Å². The Bertz CT molecular complexity index is 1640. The average molecular weight is 549 g/mol. The number of H-pyrrole nitrogens is 1. The molecule has 5 aromatic rings. The first-order valence-corrected chi connectivity index (χ1v) is 11.8. The topological polar surface area (TPSA) is 177 Å².